The highest BCUT2D eigenvalue weighted by Gasteiger charge is 2.13. The van der Waals surface area contributed by atoms with Gasteiger partial charge in [-0.05, 0) is 11.5 Å². The standard InChI is InChI=1S/C12H18/c1-10(2)11-7-5-6-8-12(3,4)9-11/h5-10H,1-4H3. The van der Waals surface area contributed by atoms with Crippen molar-refractivity contribution in [2.75, 3.05) is 0 Å². The van der Waals surface area contributed by atoms with E-state index in [0.29, 0.717) is 5.92 Å². The van der Waals surface area contributed by atoms with E-state index in [1.54, 1.807) is 0 Å². The lowest BCUT2D eigenvalue weighted by Crippen LogP contribution is -2.04. The lowest BCUT2D eigenvalue weighted by molar-refractivity contribution is 0.611. The molecule has 66 valence electrons. The monoisotopic (exact) mass is 162 g/mol. The molecule has 0 fully saturated rings. The summed E-state index contributed by atoms with van der Waals surface area (Å²) in [5, 5.41) is 0. The maximum Gasteiger partial charge on any atom is 0.00134 e. The Labute approximate surface area is 75.7 Å². The van der Waals surface area contributed by atoms with Crippen molar-refractivity contribution in [2.45, 2.75) is 27.7 Å². The predicted octanol–water partition coefficient (Wildman–Crippen LogP) is 3.72. The summed E-state index contributed by atoms with van der Waals surface area (Å²) in [5.74, 6) is 0.625. The van der Waals surface area contributed by atoms with Gasteiger partial charge in [0.15, 0.2) is 0 Å². The minimum Gasteiger partial charge on any atom is -0.0751 e. The molecule has 1 rings (SSSR count). The molecule has 0 aromatic carbocycles. The van der Waals surface area contributed by atoms with Crippen LogP contribution in [0.1, 0.15) is 27.7 Å². The molecule has 0 heteroatoms. The van der Waals surface area contributed by atoms with E-state index < -0.39 is 0 Å². The first-order valence-corrected chi connectivity index (χ1v) is 4.60. The topological polar surface area (TPSA) is 0 Å². The second-order valence-electron chi connectivity index (χ2n) is 4.34. The van der Waals surface area contributed by atoms with E-state index in [9.17, 15) is 0 Å². The van der Waals surface area contributed by atoms with Gasteiger partial charge < -0.3 is 0 Å². The average molecular weight is 162 g/mol. The molecule has 0 bridgehead atoms. The summed E-state index contributed by atoms with van der Waals surface area (Å²) in [4.78, 5) is 0. The summed E-state index contributed by atoms with van der Waals surface area (Å²) in [6.07, 6.45) is 11.0. The second-order valence-corrected chi connectivity index (χ2v) is 4.34. The van der Waals surface area contributed by atoms with Crippen molar-refractivity contribution < 1.29 is 0 Å². The number of allylic oxidation sites excluding steroid dienone is 6. The van der Waals surface area contributed by atoms with Crippen LogP contribution >= 0.6 is 0 Å². The molecular weight excluding hydrogens is 144 g/mol. The third-order valence-corrected chi connectivity index (χ3v) is 2.13. The van der Waals surface area contributed by atoms with Gasteiger partial charge in [-0.15, -0.1) is 0 Å². The highest BCUT2D eigenvalue weighted by Crippen LogP contribution is 2.26. The normalized spacial score (nSPS) is 20.9. The fraction of sp³-hybridized carbons (Fsp3) is 0.500. The SMILES string of the molecule is CC(C)C1=CC(C)(C)C=CC=C1. The van der Waals surface area contributed by atoms with Crippen molar-refractivity contribution in [3.05, 3.63) is 36.0 Å². The van der Waals surface area contributed by atoms with Gasteiger partial charge in [0.05, 0.1) is 0 Å². The molecular formula is C12H18. The van der Waals surface area contributed by atoms with E-state index in [1.807, 2.05) is 0 Å². The molecule has 0 saturated heterocycles. The summed E-state index contributed by atoms with van der Waals surface area (Å²) in [7, 11) is 0. The summed E-state index contributed by atoms with van der Waals surface area (Å²) >= 11 is 0. The van der Waals surface area contributed by atoms with E-state index in [4.69, 9.17) is 0 Å². The lowest BCUT2D eigenvalue weighted by Gasteiger charge is -2.16. The summed E-state index contributed by atoms with van der Waals surface area (Å²) < 4.78 is 0. The third kappa shape index (κ3) is 2.37. The molecule has 1 aliphatic rings. The van der Waals surface area contributed by atoms with Crippen LogP contribution < -0.4 is 0 Å². The Balaban J connectivity index is 2.95. The number of rotatable bonds is 1. The van der Waals surface area contributed by atoms with E-state index in [2.05, 4.69) is 58.1 Å². The number of hydrogen-bond acceptors (Lipinski definition) is 0. The maximum absolute atomic E-state index is 2.34. The quantitative estimate of drug-likeness (QED) is 0.551. The smallest absolute Gasteiger partial charge is 0.00134 e. The Morgan fingerprint density at radius 3 is 2.42 bits per heavy atom. The van der Waals surface area contributed by atoms with Gasteiger partial charge in [-0.25, -0.2) is 0 Å². The molecule has 0 aliphatic heterocycles. The molecule has 0 unspecified atom stereocenters. The summed E-state index contributed by atoms with van der Waals surface area (Å²) in [5.41, 5.74) is 1.65. The molecule has 0 saturated carbocycles. The van der Waals surface area contributed by atoms with E-state index in [0.717, 1.165) is 0 Å². The minimum absolute atomic E-state index is 0.211. The van der Waals surface area contributed by atoms with Gasteiger partial charge in [0, 0.05) is 5.41 Å². The molecule has 0 aromatic rings. The zero-order valence-corrected chi connectivity index (χ0v) is 8.46. The van der Waals surface area contributed by atoms with Crippen molar-refractivity contribution in [3.8, 4) is 0 Å². The van der Waals surface area contributed by atoms with Crippen LogP contribution in [0.25, 0.3) is 0 Å². The zero-order valence-electron chi connectivity index (χ0n) is 8.46. The largest absolute Gasteiger partial charge is 0.0751 e. The second kappa shape index (κ2) is 3.30. The predicted molar refractivity (Wildman–Crippen MR) is 55.0 cm³/mol. The highest BCUT2D eigenvalue weighted by atomic mass is 14.2. The first kappa shape index (κ1) is 9.31. The fourth-order valence-electron chi connectivity index (χ4n) is 1.36. The number of hydrogen-bond donors (Lipinski definition) is 0. The molecule has 0 atom stereocenters. The Kier molecular flexibility index (Phi) is 2.56. The molecule has 0 radical (unpaired) electrons. The van der Waals surface area contributed by atoms with Crippen LogP contribution in [0.2, 0.25) is 0 Å². The summed E-state index contributed by atoms with van der Waals surface area (Å²) in [6, 6.07) is 0. The van der Waals surface area contributed by atoms with Crippen LogP contribution in [0.3, 0.4) is 0 Å². The Morgan fingerprint density at radius 1 is 1.17 bits per heavy atom. The van der Waals surface area contributed by atoms with Crippen molar-refractivity contribution in [1.82, 2.24) is 0 Å². The van der Waals surface area contributed by atoms with Crippen LogP contribution in [-0.4, -0.2) is 0 Å². The molecule has 12 heavy (non-hydrogen) atoms. The van der Waals surface area contributed by atoms with Gasteiger partial charge in [-0.3, -0.25) is 0 Å². The minimum atomic E-state index is 0.211. The third-order valence-electron chi connectivity index (χ3n) is 2.13. The van der Waals surface area contributed by atoms with Crippen LogP contribution in [0.15, 0.2) is 36.0 Å². The van der Waals surface area contributed by atoms with Crippen LogP contribution in [0.4, 0.5) is 0 Å². The zero-order chi connectivity index (χ0) is 9.19. The molecule has 1 aliphatic carbocycles. The van der Waals surface area contributed by atoms with Gasteiger partial charge in [0.25, 0.3) is 0 Å². The van der Waals surface area contributed by atoms with Crippen molar-refractivity contribution in [1.29, 1.82) is 0 Å². The molecule has 0 aromatic heterocycles. The highest BCUT2D eigenvalue weighted by molar-refractivity contribution is 5.31. The van der Waals surface area contributed by atoms with Gasteiger partial charge in [-0.1, -0.05) is 58.1 Å². The van der Waals surface area contributed by atoms with Crippen molar-refractivity contribution in [2.24, 2.45) is 11.3 Å². The molecule has 0 N–H and O–H groups in total. The first-order valence-electron chi connectivity index (χ1n) is 4.60. The maximum atomic E-state index is 2.34. The Bertz CT molecular complexity index is 237. The molecule has 0 heterocycles. The van der Waals surface area contributed by atoms with Crippen LogP contribution in [-0.2, 0) is 0 Å². The van der Waals surface area contributed by atoms with Crippen LogP contribution in [0, 0.1) is 11.3 Å². The average Bonchev–Trinajstić information content (AvgIpc) is 2.10. The van der Waals surface area contributed by atoms with Gasteiger partial charge in [-0.2, -0.15) is 0 Å². The van der Waals surface area contributed by atoms with Gasteiger partial charge >= 0.3 is 0 Å². The van der Waals surface area contributed by atoms with E-state index in [1.165, 1.54) is 5.57 Å². The Hall–Kier alpha value is -0.780. The molecule has 0 nitrogen and oxygen atoms in total. The van der Waals surface area contributed by atoms with Crippen LogP contribution in [0.5, 0.6) is 0 Å². The molecule has 0 amide bonds. The molecule has 0 spiro atoms. The van der Waals surface area contributed by atoms with Crippen molar-refractivity contribution in [3.63, 3.8) is 0 Å². The van der Waals surface area contributed by atoms with Gasteiger partial charge in [0.2, 0.25) is 0 Å². The fourth-order valence-corrected chi connectivity index (χ4v) is 1.36. The Morgan fingerprint density at radius 2 is 1.83 bits per heavy atom. The van der Waals surface area contributed by atoms with E-state index >= 15 is 0 Å². The first-order chi connectivity index (χ1) is 5.51. The summed E-state index contributed by atoms with van der Waals surface area (Å²) in [6.45, 7) is 8.94. The van der Waals surface area contributed by atoms with E-state index in [-0.39, 0.29) is 5.41 Å². The van der Waals surface area contributed by atoms with Crippen molar-refractivity contribution >= 4 is 0 Å². The lowest BCUT2D eigenvalue weighted by atomic mass is 9.88. The van der Waals surface area contributed by atoms with Gasteiger partial charge in [0.1, 0.15) is 0 Å².